The normalized spacial score (nSPS) is 11.5. The van der Waals surface area contributed by atoms with E-state index in [1.54, 1.807) is 24.3 Å². The number of hydrogen-bond acceptors (Lipinski definition) is 8. The zero-order valence-corrected chi connectivity index (χ0v) is 15.9. The molecule has 2 aromatic carbocycles. The summed E-state index contributed by atoms with van der Waals surface area (Å²) in [7, 11) is 1.42. The highest BCUT2D eigenvalue weighted by atomic mass is 16.7. The Hall–Kier alpha value is -3.75. The number of amides is 1. The molecule has 0 saturated carbocycles. The van der Waals surface area contributed by atoms with Crippen LogP contribution in [-0.4, -0.2) is 44.8 Å². The Morgan fingerprint density at radius 1 is 1.00 bits per heavy atom. The van der Waals surface area contributed by atoms with Crippen LogP contribution in [0, 0.1) is 0 Å². The lowest BCUT2D eigenvalue weighted by atomic mass is 10.1. The Balaban J connectivity index is 1.46. The van der Waals surface area contributed by atoms with Crippen molar-refractivity contribution in [3.05, 3.63) is 42.0 Å². The molecule has 0 fully saturated rings. The van der Waals surface area contributed by atoms with Gasteiger partial charge in [-0.15, -0.1) is 0 Å². The van der Waals surface area contributed by atoms with Gasteiger partial charge in [-0.25, -0.2) is 4.79 Å². The molecule has 9 heteroatoms. The molecule has 1 aliphatic rings. The third-order valence-electron chi connectivity index (χ3n) is 3.94. The fourth-order valence-corrected chi connectivity index (χ4v) is 2.50. The van der Waals surface area contributed by atoms with Crippen LogP contribution in [0.25, 0.3) is 0 Å². The molecule has 0 unspecified atom stereocenters. The quantitative estimate of drug-likeness (QED) is 0.530. The number of benzene rings is 2. The summed E-state index contributed by atoms with van der Waals surface area (Å²) in [6.07, 6.45) is 0. The number of Topliss-reactive ketones (excluding diaryl/α,β-unsaturated/α-hetero) is 1. The summed E-state index contributed by atoms with van der Waals surface area (Å²) in [4.78, 5) is 35.2. The highest BCUT2D eigenvalue weighted by molar-refractivity contribution is 5.95. The van der Waals surface area contributed by atoms with Gasteiger partial charge in [-0.2, -0.15) is 0 Å². The predicted octanol–water partition coefficient (Wildman–Crippen LogP) is 2.19. The van der Waals surface area contributed by atoms with Crippen LogP contribution in [0.5, 0.6) is 23.0 Å². The van der Waals surface area contributed by atoms with Gasteiger partial charge in [0.25, 0.3) is 5.91 Å². The number of rotatable bonds is 8. The summed E-state index contributed by atoms with van der Waals surface area (Å²) in [6.45, 7) is 0.665. The number of ether oxygens (including phenoxy) is 5. The summed E-state index contributed by atoms with van der Waals surface area (Å²) < 4.78 is 25.8. The van der Waals surface area contributed by atoms with E-state index < -0.39 is 25.1 Å². The van der Waals surface area contributed by atoms with Crippen molar-refractivity contribution in [1.29, 1.82) is 0 Å². The van der Waals surface area contributed by atoms with Gasteiger partial charge in [0, 0.05) is 17.3 Å². The first-order valence-electron chi connectivity index (χ1n) is 8.63. The van der Waals surface area contributed by atoms with Crippen LogP contribution in [0.1, 0.15) is 17.3 Å². The maximum atomic E-state index is 11.9. The molecule has 0 radical (unpaired) electrons. The van der Waals surface area contributed by atoms with Gasteiger partial charge in [0.05, 0.1) is 7.11 Å². The monoisotopic (exact) mass is 401 g/mol. The Kier molecular flexibility index (Phi) is 6.18. The third-order valence-corrected chi connectivity index (χ3v) is 3.94. The largest absolute Gasteiger partial charge is 0.493 e. The van der Waals surface area contributed by atoms with Gasteiger partial charge in [-0.3, -0.25) is 9.59 Å². The lowest BCUT2D eigenvalue weighted by Crippen LogP contribution is -2.23. The van der Waals surface area contributed by atoms with E-state index in [1.807, 2.05) is 0 Å². The number of methoxy groups -OCH3 is 1. The molecule has 1 N–H and O–H groups in total. The number of ketones is 1. The number of anilines is 1. The molecule has 3 rings (SSSR count). The molecule has 0 atom stereocenters. The van der Waals surface area contributed by atoms with Crippen molar-refractivity contribution in [3.8, 4) is 23.0 Å². The van der Waals surface area contributed by atoms with Crippen molar-refractivity contribution in [3.63, 3.8) is 0 Å². The number of nitrogens with one attached hydrogen (secondary N) is 1. The summed E-state index contributed by atoms with van der Waals surface area (Å²) in [5.41, 5.74) is 0.943. The van der Waals surface area contributed by atoms with Crippen LogP contribution in [0.3, 0.4) is 0 Å². The standard InChI is InChI=1S/C20H19NO8/c1-12(22)13-3-5-15(17(7-13)25-2)26-10-20(24)27-9-19(23)21-14-4-6-16-18(8-14)29-11-28-16/h3-8H,9-11H2,1-2H3,(H,21,23). The van der Waals surface area contributed by atoms with E-state index in [2.05, 4.69) is 5.32 Å². The van der Waals surface area contributed by atoms with Gasteiger partial charge >= 0.3 is 5.97 Å². The van der Waals surface area contributed by atoms with E-state index in [0.717, 1.165) is 0 Å². The maximum Gasteiger partial charge on any atom is 0.344 e. The van der Waals surface area contributed by atoms with E-state index >= 15 is 0 Å². The Labute approximate surface area is 166 Å². The molecule has 1 heterocycles. The third kappa shape index (κ3) is 5.16. The molecule has 29 heavy (non-hydrogen) atoms. The van der Waals surface area contributed by atoms with Crippen LogP contribution in [0.2, 0.25) is 0 Å². The van der Waals surface area contributed by atoms with Gasteiger partial charge in [0.2, 0.25) is 6.79 Å². The minimum Gasteiger partial charge on any atom is -0.493 e. The Morgan fingerprint density at radius 3 is 2.55 bits per heavy atom. The summed E-state index contributed by atoms with van der Waals surface area (Å²) in [5, 5.41) is 2.59. The van der Waals surface area contributed by atoms with Crippen molar-refractivity contribution in [2.45, 2.75) is 6.92 Å². The summed E-state index contributed by atoms with van der Waals surface area (Å²) >= 11 is 0. The number of esters is 1. The average molecular weight is 401 g/mol. The number of hydrogen-bond donors (Lipinski definition) is 1. The highest BCUT2D eigenvalue weighted by Crippen LogP contribution is 2.34. The molecule has 2 aromatic rings. The molecule has 0 saturated heterocycles. The second kappa shape index (κ2) is 8.96. The van der Waals surface area contributed by atoms with Crippen molar-refractivity contribution in [2.24, 2.45) is 0 Å². The smallest absolute Gasteiger partial charge is 0.344 e. The van der Waals surface area contributed by atoms with E-state index in [1.165, 1.54) is 26.2 Å². The topological polar surface area (TPSA) is 109 Å². The van der Waals surface area contributed by atoms with Crippen molar-refractivity contribution >= 4 is 23.3 Å². The van der Waals surface area contributed by atoms with Crippen LogP contribution >= 0.6 is 0 Å². The lowest BCUT2D eigenvalue weighted by molar-refractivity contribution is -0.149. The molecule has 0 spiro atoms. The zero-order valence-electron chi connectivity index (χ0n) is 15.9. The van der Waals surface area contributed by atoms with Crippen LogP contribution in [-0.2, 0) is 14.3 Å². The van der Waals surface area contributed by atoms with Gasteiger partial charge in [0.1, 0.15) is 0 Å². The van der Waals surface area contributed by atoms with E-state index in [4.69, 9.17) is 23.7 Å². The SMILES string of the molecule is COc1cc(C(C)=O)ccc1OCC(=O)OCC(=O)Nc1ccc2c(c1)OCO2. The van der Waals surface area contributed by atoms with Crippen molar-refractivity contribution < 1.29 is 38.1 Å². The summed E-state index contributed by atoms with van der Waals surface area (Å²) in [5.74, 6) is 0.341. The van der Waals surface area contributed by atoms with E-state index in [9.17, 15) is 14.4 Å². The minimum absolute atomic E-state index is 0.122. The lowest BCUT2D eigenvalue weighted by Gasteiger charge is -2.11. The molecule has 1 amide bonds. The molecule has 152 valence electrons. The zero-order chi connectivity index (χ0) is 20.8. The maximum absolute atomic E-state index is 11.9. The van der Waals surface area contributed by atoms with E-state index in [-0.39, 0.29) is 18.3 Å². The van der Waals surface area contributed by atoms with Crippen molar-refractivity contribution in [2.75, 3.05) is 32.4 Å². The average Bonchev–Trinajstić information content (AvgIpc) is 3.18. The first-order valence-corrected chi connectivity index (χ1v) is 8.63. The second-order valence-electron chi connectivity index (χ2n) is 5.99. The molecule has 0 aromatic heterocycles. The second-order valence-corrected chi connectivity index (χ2v) is 5.99. The highest BCUT2D eigenvalue weighted by Gasteiger charge is 2.15. The molecular weight excluding hydrogens is 382 g/mol. The van der Waals surface area contributed by atoms with Gasteiger partial charge in [0.15, 0.2) is 42.0 Å². The molecule has 9 nitrogen and oxygen atoms in total. The molecule has 0 aliphatic carbocycles. The number of carbonyl (C=O) groups excluding carboxylic acids is 3. The molecule has 1 aliphatic heterocycles. The predicted molar refractivity (Wildman–Crippen MR) is 101 cm³/mol. The minimum atomic E-state index is -0.733. The number of fused-ring (bicyclic) bond motifs is 1. The Morgan fingerprint density at radius 2 is 1.79 bits per heavy atom. The van der Waals surface area contributed by atoms with Gasteiger partial charge in [-0.1, -0.05) is 0 Å². The van der Waals surface area contributed by atoms with Crippen LogP contribution in [0.15, 0.2) is 36.4 Å². The molecule has 0 bridgehead atoms. The Bertz CT molecular complexity index is 940. The van der Waals surface area contributed by atoms with Crippen LogP contribution in [0.4, 0.5) is 5.69 Å². The van der Waals surface area contributed by atoms with Crippen molar-refractivity contribution in [1.82, 2.24) is 0 Å². The van der Waals surface area contributed by atoms with Gasteiger partial charge in [-0.05, 0) is 37.3 Å². The first-order chi connectivity index (χ1) is 14.0. The van der Waals surface area contributed by atoms with Crippen LogP contribution < -0.4 is 24.3 Å². The number of carbonyl (C=O) groups is 3. The fraction of sp³-hybridized carbons (Fsp3) is 0.250. The first kappa shape index (κ1) is 20.0. The fourth-order valence-electron chi connectivity index (χ4n) is 2.50. The summed E-state index contributed by atoms with van der Waals surface area (Å²) in [6, 6.07) is 9.53. The molecular formula is C20H19NO8. The van der Waals surface area contributed by atoms with Gasteiger partial charge < -0.3 is 29.0 Å². The van der Waals surface area contributed by atoms with E-state index in [0.29, 0.717) is 28.5 Å².